The van der Waals surface area contributed by atoms with Crippen LogP contribution in [0.15, 0.2) is 188 Å². The first-order valence-electron chi connectivity index (χ1n) is 18.2. The van der Waals surface area contributed by atoms with Crippen LogP contribution in [-0.2, 0) is 0 Å². The maximum absolute atomic E-state index is 5.22. The first-order chi connectivity index (χ1) is 26.8. The van der Waals surface area contributed by atoms with Crippen LogP contribution in [0, 0.1) is 0 Å². The van der Waals surface area contributed by atoms with Crippen LogP contribution in [0.25, 0.3) is 99.8 Å². The summed E-state index contributed by atoms with van der Waals surface area (Å²) in [5.74, 6) is 0.869. The minimum absolute atomic E-state index is 0.869. The molecule has 0 atom stereocenters. The molecule has 0 unspecified atom stereocenters. The van der Waals surface area contributed by atoms with Crippen molar-refractivity contribution in [2.75, 3.05) is 0 Å². The molecule has 0 fully saturated rings. The summed E-state index contributed by atoms with van der Waals surface area (Å²) < 4.78 is 4.63. The van der Waals surface area contributed by atoms with Gasteiger partial charge in [-0.1, -0.05) is 121 Å². The van der Waals surface area contributed by atoms with E-state index in [4.69, 9.17) is 15.0 Å². The molecule has 0 amide bonds. The minimum atomic E-state index is 0.869. The predicted octanol–water partition coefficient (Wildman–Crippen LogP) is 12.2. The number of para-hydroxylation sites is 5. The SMILES string of the molecule is c1ccc(-c2nc3ccccc3c3c2ccc2c4ccccc4n(-c4ccc(-c5ccc(-c6nc7ccccc7n6-c6ccccc6)cn5)cc4)c23)cc1. The molecule has 0 radical (unpaired) electrons. The van der Waals surface area contributed by atoms with Crippen molar-refractivity contribution in [3.63, 3.8) is 0 Å². The van der Waals surface area contributed by atoms with Gasteiger partial charge in [0.2, 0.25) is 0 Å². The standard InChI is InChI=1S/C49H31N5/c1-3-13-33(14-4-1)47-40-29-28-38-37-17-8-11-21-44(37)53(48(38)46(40)39-18-7-9-19-42(39)51-47)36-26-23-32(24-27-36)41-30-25-34(31-50-41)49-52-43-20-10-12-22-45(43)54(49)35-15-5-2-6-16-35/h1-31H. The fraction of sp³-hybridized carbons (Fsp3) is 0. The molecule has 0 saturated heterocycles. The molecule has 5 heteroatoms. The van der Waals surface area contributed by atoms with E-state index in [2.05, 4.69) is 179 Å². The zero-order chi connectivity index (χ0) is 35.6. The Bertz CT molecular complexity index is 3180. The van der Waals surface area contributed by atoms with Crippen molar-refractivity contribution in [3.05, 3.63) is 188 Å². The van der Waals surface area contributed by atoms with Crippen molar-refractivity contribution in [1.29, 1.82) is 0 Å². The second kappa shape index (κ2) is 12.1. The van der Waals surface area contributed by atoms with E-state index < -0.39 is 0 Å². The fourth-order valence-corrected chi connectivity index (χ4v) is 8.11. The highest BCUT2D eigenvalue weighted by Crippen LogP contribution is 2.42. The molecule has 0 N–H and O–H groups in total. The molecule has 0 saturated carbocycles. The van der Waals surface area contributed by atoms with E-state index in [1.54, 1.807) is 0 Å². The Morgan fingerprint density at radius 2 is 1.00 bits per heavy atom. The molecule has 4 aromatic heterocycles. The second-order valence-electron chi connectivity index (χ2n) is 13.7. The molecule has 0 aliphatic carbocycles. The smallest absolute Gasteiger partial charge is 0.147 e. The number of hydrogen-bond acceptors (Lipinski definition) is 3. The Balaban J connectivity index is 1.05. The van der Waals surface area contributed by atoms with Gasteiger partial charge in [0.1, 0.15) is 5.82 Å². The number of fused-ring (bicyclic) bond motifs is 8. The van der Waals surface area contributed by atoms with Gasteiger partial charge in [0.05, 0.1) is 39.0 Å². The Morgan fingerprint density at radius 3 is 1.78 bits per heavy atom. The summed E-state index contributed by atoms with van der Waals surface area (Å²) in [6.45, 7) is 0. The van der Waals surface area contributed by atoms with Gasteiger partial charge in [0.25, 0.3) is 0 Å². The molecule has 4 heterocycles. The van der Waals surface area contributed by atoms with E-state index in [1.165, 1.54) is 27.2 Å². The Morgan fingerprint density at radius 1 is 0.370 bits per heavy atom. The normalized spacial score (nSPS) is 11.7. The van der Waals surface area contributed by atoms with Crippen molar-refractivity contribution < 1.29 is 0 Å². The summed E-state index contributed by atoms with van der Waals surface area (Å²) in [5.41, 5.74) is 12.5. The van der Waals surface area contributed by atoms with E-state index in [1.807, 2.05) is 18.3 Å². The molecule has 0 aliphatic heterocycles. The first kappa shape index (κ1) is 30.3. The van der Waals surface area contributed by atoms with Gasteiger partial charge in [0.15, 0.2) is 0 Å². The summed E-state index contributed by atoms with van der Waals surface area (Å²) in [6.07, 6.45) is 1.94. The van der Waals surface area contributed by atoms with Gasteiger partial charge in [-0.3, -0.25) is 9.55 Å². The topological polar surface area (TPSA) is 48.5 Å². The lowest BCUT2D eigenvalue weighted by Crippen LogP contribution is -1.98. The van der Waals surface area contributed by atoms with Gasteiger partial charge in [-0.05, 0) is 60.7 Å². The Kier molecular flexibility index (Phi) is 6.79. The third-order valence-corrected chi connectivity index (χ3v) is 10.6. The lowest BCUT2D eigenvalue weighted by Gasteiger charge is -2.14. The van der Waals surface area contributed by atoms with E-state index in [9.17, 15) is 0 Å². The summed E-state index contributed by atoms with van der Waals surface area (Å²) in [4.78, 5) is 15.2. The molecule has 252 valence electrons. The Hall–Kier alpha value is -7.37. The van der Waals surface area contributed by atoms with Crippen molar-refractivity contribution in [3.8, 4) is 45.3 Å². The van der Waals surface area contributed by atoms with Gasteiger partial charge in [-0.2, -0.15) is 0 Å². The van der Waals surface area contributed by atoms with Gasteiger partial charge in [0, 0.05) is 61.2 Å². The lowest BCUT2D eigenvalue weighted by atomic mass is 9.97. The van der Waals surface area contributed by atoms with E-state index in [0.29, 0.717) is 0 Å². The molecule has 7 aromatic carbocycles. The van der Waals surface area contributed by atoms with Crippen LogP contribution in [0.2, 0.25) is 0 Å². The molecule has 0 bridgehead atoms. The predicted molar refractivity (Wildman–Crippen MR) is 222 cm³/mol. The molecule has 5 nitrogen and oxygen atoms in total. The average molecular weight is 690 g/mol. The van der Waals surface area contributed by atoms with Crippen LogP contribution in [-0.4, -0.2) is 24.1 Å². The largest absolute Gasteiger partial charge is 0.309 e. The molecular formula is C49H31N5. The zero-order valence-corrected chi connectivity index (χ0v) is 29.1. The average Bonchev–Trinajstić information content (AvgIpc) is 3.81. The first-order valence-corrected chi connectivity index (χ1v) is 18.2. The molecule has 11 aromatic rings. The summed E-state index contributed by atoms with van der Waals surface area (Å²) in [6, 6.07) is 63.9. The van der Waals surface area contributed by atoms with Gasteiger partial charge < -0.3 is 4.57 Å². The summed E-state index contributed by atoms with van der Waals surface area (Å²) >= 11 is 0. The zero-order valence-electron chi connectivity index (χ0n) is 29.1. The van der Waals surface area contributed by atoms with E-state index >= 15 is 0 Å². The number of rotatable bonds is 5. The van der Waals surface area contributed by atoms with Crippen molar-refractivity contribution >= 4 is 54.5 Å². The molecule has 0 aliphatic rings. The second-order valence-corrected chi connectivity index (χ2v) is 13.7. The molecule has 54 heavy (non-hydrogen) atoms. The monoisotopic (exact) mass is 689 g/mol. The van der Waals surface area contributed by atoms with Crippen LogP contribution in [0.4, 0.5) is 0 Å². The molecule has 0 spiro atoms. The number of hydrogen-bond donors (Lipinski definition) is 0. The third-order valence-electron chi connectivity index (χ3n) is 10.6. The highest BCUT2D eigenvalue weighted by atomic mass is 15.1. The van der Waals surface area contributed by atoms with Crippen molar-refractivity contribution in [2.24, 2.45) is 0 Å². The molecule has 11 rings (SSSR count). The van der Waals surface area contributed by atoms with Crippen LogP contribution >= 0.6 is 0 Å². The maximum Gasteiger partial charge on any atom is 0.147 e. The maximum atomic E-state index is 5.22. The summed E-state index contributed by atoms with van der Waals surface area (Å²) in [5, 5.41) is 5.92. The highest BCUT2D eigenvalue weighted by Gasteiger charge is 2.20. The van der Waals surface area contributed by atoms with Crippen molar-refractivity contribution in [2.45, 2.75) is 0 Å². The van der Waals surface area contributed by atoms with Gasteiger partial charge >= 0.3 is 0 Å². The van der Waals surface area contributed by atoms with E-state index in [0.717, 1.165) is 72.6 Å². The fourth-order valence-electron chi connectivity index (χ4n) is 8.11. The third kappa shape index (κ3) is 4.69. The minimum Gasteiger partial charge on any atom is -0.309 e. The van der Waals surface area contributed by atoms with Crippen molar-refractivity contribution in [1.82, 2.24) is 24.1 Å². The quantitative estimate of drug-likeness (QED) is 0.169. The van der Waals surface area contributed by atoms with Gasteiger partial charge in [-0.15, -0.1) is 0 Å². The number of aromatic nitrogens is 5. The van der Waals surface area contributed by atoms with Crippen LogP contribution in [0.5, 0.6) is 0 Å². The highest BCUT2D eigenvalue weighted by molar-refractivity contribution is 6.26. The van der Waals surface area contributed by atoms with E-state index in [-0.39, 0.29) is 0 Å². The van der Waals surface area contributed by atoms with Gasteiger partial charge in [-0.25, -0.2) is 9.97 Å². The number of imidazole rings is 1. The van der Waals surface area contributed by atoms with Crippen LogP contribution in [0.1, 0.15) is 0 Å². The summed E-state index contributed by atoms with van der Waals surface area (Å²) in [7, 11) is 0. The van der Waals surface area contributed by atoms with Crippen LogP contribution < -0.4 is 0 Å². The number of benzene rings is 7. The number of pyridine rings is 2. The Labute approximate surface area is 311 Å². The molecular weight excluding hydrogens is 659 g/mol. The lowest BCUT2D eigenvalue weighted by molar-refractivity contribution is 1.10. The number of nitrogens with zero attached hydrogens (tertiary/aromatic N) is 5. The van der Waals surface area contributed by atoms with Crippen LogP contribution in [0.3, 0.4) is 0 Å².